The van der Waals surface area contributed by atoms with Crippen LogP contribution < -0.4 is 11.1 Å². The maximum atomic E-state index is 11.7. The van der Waals surface area contributed by atoms with E-state index in [0.29, 0.717) is 12.4 Å². The molecule has 2 heterocycles. The molecule has 2 rings (SSSR count). The van der Waals surface area contributed by atoms with Gasteiger partial charge in [-0.05, 0) is 18.6 Å². The van der Waals surface area contributed by atoms with Crippen molar-refractivity contribution < 1.29 is 4.79 Å². The SMILES string of the molecule is Cc1cccnc1CC(=O)NCc1cn[nH]c1N. The molecule has 0 atom stereocenters. The highest BCUT2D eigenvalue weighted by Gasteiger charge is 2.08. The van der Waals surface area contributed by atoms with Gasteiger partial charge in [-0.3, -0.25) is 14.9 Å². The van der Waals surface area contributed by atoms with Gasteiger partial charge in [0, 0.05) is 18.3 Å². The molecule has 0 saturated carbocycles. The van der Waals surface area contributed by atoms with Crippen LogP contribution in [0.25, 0.3) is 0 Å². The predicted octanol–water partition coefficient (Wildman–Crippen LogP) is 0.554. The lowest BCUT2D eigenvalue weighted by Gasteiger charge is -2.05. The molecule has 0 saturated heterocycles. The van der Waals surface area contributed by atoms with Crippen molar-refractivity contribution in [3.63, 3.8) is 0 Å². The largest absolute Gasteiger partial charge is 0.384 e. The first-order valence-electron chi connectivity index (χ1n) is 5.61. The Morgan fingerprint density at radius 3 is 3.06 bits per heavy atom. The predicted molar refractivity (Wildman–Crippen MR) is 67.5 cm³/mol. The van der Waals surface area contributed by atoms with Crippen molar-refractivity contribution in [2.45, 2.75) is 19.9 Å². The number of carbonyl (C=O) groups excluding carboxylic acids is 1. The fourth-order valence-electron chi connectivity index (χ4n) is 1.57. The monoisotopic (exact) mass is 245 g/mol. The first-order valence-corrected chi connectivity index (χ1v) is 5.61. The average Bonchev–Trinajstić information content (AvgIpc) is 2.75. The summed E-state index contributed by atoms with van der Waals surface area (Å²) in [6.45, 7) is 2.30. The van der Waals surface area contributed by atoms with Gasteiger partial charge in [-0.2, -0.15) is 5.10 Å². The van der Waals surface area contributed by atoms with E-state index in [1.54, 1.807) is 12.4 Å². The van der Waals surface area contributed by atoms with Crippen LogP contribution in [-0.2, 0) is 17.8 Å². The van der Waals surface area contributed by atoms with Gasteiger partial charge >= 0.3 is 0 Å². The van der Waals surface area contributed by atoms with Crippen LogP contribution in [0.15, 0.2) is 24.5 Å². The Morgan fingerprint density at radius 1 is 1.56 bits per heavy atom. The van der Waals surface area contributed by atoms with E-state index in [-0.39, 0.29) is 12.3 Å². The van der Waals surface area contributed by atoms with Gasteiger partial charge in [0.2, 0.25) is 5.91 Å². The van der Waals surface area contributed by atoms with Crippen LogP contribution in [0.2, 0.25) is 0 Å². The van der Waals surface area contributed by atoms with E-state index < -0.39 is 0 Å². The molecule has 94 valence electrons. The van der Waals surface area contributed by atoms with Crippen LogP contribution in [-0.4, -0.2) is 21.1 Å². The number of nitrogens with zero attached hydrogens (tertiary/aromatic N) is 2. The van der Waals surface area contributed by atoms with Crippen LogP contribution in [0.5, 0.6) is 0 Å². The molecule has 4 N–H and O–H groups in total. The molecule has 0 aromatic carbocycles. The van der Waals surface area contributed by atoms with Crippen molar-refractivity contribution >= 4 is 11.7 Å². The number of pyridine rings is 1. The molecule has 0 bridgehead atoms. The highest BCUT2D eigenvalue weighted by molar-refractivity contribution is 5.78. The molecular formula is C12H15N5O. The molecule has 6 heteroatoms. The standard InChI is InChI=1S/C12H15N5O/c1-8-3-2-4-14-10(8)5-11(18)15-6-9-7-16-17-12(9)13/h2-4,7H,5-6H2,1H3,(H,15,18)(H3,13,16,17). The zero-order chi connectivity index (χ0) is 13.0. The number of anilines is 1. The minimum absolute atomic E-state index is 0.0857. The van der Waals surface area contributed by atoms with E-state index in [4.69, 9.17) is 5.73 Å². The summed E-state index contributed by atoms with van der Waals surface area (Å²) in [6.07, 6.45) is 3.55. The van der Waals surface area contributed by atoms with Crippen molar-refractivity contribution in [1.29, 1.82) is 0 Å². The van der Waals surface area contributed by atoms with Gasteiger partial charge in [0.15, 0.2) is 0 Å². The van der Waals surface area contributed by atoms with Gasteiger partial charge in [-0.25, -0.2) is 0 Å². The molecule has 0 aliphatic rings. The Balaban J connectivity index is 1.90. The van der Waals surface area contributed by atoms with E-state index in [1.165, 1.54) is 0 Å². The van der Waals surface area contributed by atoms with Gasteiger partial charge in [0.1, 0.15) is 5.82 Å². The summed E-state index contributed by atoms with van der Waals surface area (Å²) in [5.74, 6) is 0.390. The minimum atomic E-state index is -0.0857. The van der Waals surface area contributed by atoms with Crippen LogP contribution in [0, 0.1) is 6.92 Å². The van der Waals surface area contributed by atoms with Gasteiger partial charge in [0.25, 0.3) is 0 Å². The molecule has 0 aliphatic heterocycles. The van der Waals surface area contributed by atoms with E-state index in [9.17, 15) is 4.79 Å². The molecular weight excluding hydrogens is 230 g/mol. The second kappa shape index (κ2) is 5.31. The zero-order valence-electron chi connectivity index (χ0n) is 10.1. The fraction of sp³-hybridized carbons (Fsp3) is 0.250. The van der Waals surface area contributed by atoms with E-state index in [0.717, 1.165) is 16.8 Å². The smallest absolute Gasteiger partial charge is 0.226 e. The quantitative estimate of drug-likeness (QED) is 0.733. The van der Waals surface area contributed by atoms with Gasteiger partial charge in [-0.15, -0.1) is 0 Å². The number of nitrogens with one attached hydrogen (secondary N) is 2. The average molecular weight is 245 g/mol. The Morgan fingerprint density at radius 2 is 2.39 bits per heavy atom. The number of hydrogen-bond donors (Lipinski definition) is 3. The molecule has 0 spiro atoms. The third kappa shape index (κ3) is 2.85. The number of rotatable bonds is 4. The number of H-pyrrole nitrogens is 1. The van der Waals surface area contributed by atoms with Crippen LogP contribution in [0.1, 0.15) is 16.8 Å². The lowest BCUT2D eigenvalue weighted by atomic mass is 10.1. The summed E-state index contributed by atoms with van der Waals surface area (Å²) in [7, 11) is 0. The molecule has 6 nitrogen and oxygen atoms in total. The van der Waals surface area contributed by atoms with Crippen molar-refractivity contribution in [2.24, 2.45) is 0 Å². The summed E-state index contributed by atoms with van der Waals surface area (Å²) in [4.78, 5) is 15.9. The lowest BCUT2D eigenvalue weighted by Crippen LogP contribution is -2.25. The van der Waals surface area contributed by atoms with Crippen molar-refractivity contribution in [3.05, 3.63) is 41.3 Å². The Labute approximate surface area is 105 Å². The number of aromatic nitrogens is 3. The number of carbonyl (C=O) groups is 1. The van der Waals surface area contributed by atoms with Crippen molar-refractivity contribution in [2.75, 3.05) is 5.73 Å². The maximum Gasteiger partial charge on any atom is 0.226 e. The van der Waals surface area contributed by atoms with Crippen molar-refractivity contribution in [3.8, 4) is 0 Å². The minimum Gasteiger partial charge on any atom is -0.384 e. The third-order valence-electron chi connectivity index (χ3n) is 2.67. The van der Waals surface area contributed by atoms with Crippen molar-refractivity contribution in [1.82, 2.24) is 20.5 Å². The van der Waals surface area contributed by atoms with Crippen LogP contribution in [0.4, 0.5) is 5.82 Å². The highest BCUT2D eigenvalue weighted by Crippen LogP contribution is 2.06. The molecule has 2 aromatic rings. The second-order valence-electron chi connectivity index (χ2n) is 4.03. The molecule has 1 amide bonds. The normalized spacial score (nSPS) is 10.3. The van der Waals surface area contributed by atoms with Gasteiger partial charge in [-0.1, -0.05) is 6.07 Å². The van der Waals surface area contributed by atoms with Crippen LogP contribution >= 0.6 is 0 Å². The van der Waals surface area contributed by atoms with E-state index in [2.05, 4.69) is 20.5 Å². The molecule has 0 fully saturated rings. The van der Waals surface area contributed by atoms with Gasteiger partial charge in [0.05, 0.1) is 18.3 Å². The first-order chi connectivity index (χ1) is 8.66. The molecule has 0 unspecified atom stereocenters. The maximum absolute atomic E-state index is 11.7. The Bertz CT molecular complexity index is 549. The zero-order valence-corrected chi connectivity index (χ0v) is 10.1. The number of aryl methyl sites for hydroxylation is 1. The van der Waals surface area contributed by atoms with Gasteiger partial charge < -0.3 is 11.1 Å². The molecule has 0 radical (unpaired) electrons. The number of hydrogen-bond acceptors (Lipinski definition) is 4. The Hall–Kier alpha value is -2.37. The number of aromatic amines is 1. The highest BCUT2D eigenvalue weighted by atomic mass is 16.1. The number of amides is 1. The molecule has 2 aromatic heterocycles. The van der Waals surface area contributed by atoms with E-state index in [1.807, 2.05) is 19.1 Å². The summed E-state index contributed by atoms with van der Waals surface area (Å²) in [5.41, 5.74) is 8.20. The molecule has 0 aliphatic carbocycles. The summed E-state index contributed by atoms with van der Waals surface area (Å²) in [5, 5.41) is 9.18. The third-order valence-corrected chi connectivity index (χ3v) is 2.67. The topological polar surface area (TPSA) is 96.7 Å². The summed E-state index contributed by atoms with van der Waals surface area (Å²) < 4.78 is 0. The molecule has 18 heavy (non-hydrogen) atoms. The number of nitrogen functional groups attached to an aromatic ring is 1. The second-order valence-corrected chi connectivity index (χ2v) is 4.03. The number of nitrogens with two attached hydrogens (primary N) is 1. The Kier molecular flexibility index (Phi) is 3.57. The fourth-order valence-corrected chi connectivity index (χ4v) is 1.57. The summed E-state index contributed by atoms with van der Waals surface area (Å²) in [6, 6.07) is 3.78. The first kappa shape index (κ1) is 12.1. The lowest BCUT2D eigenvalue weighted by molar-refractivity contribution is -0.120. The van der Waals surface area contributed by atoms with E-state index >= 15 is 0 Å². The van der Waals surface area contributed by atoms with Crippen LogP contribution in [0.3, 0.4) is 0 Å². The summed E-state index contributed by atoms with van der Waals surface area (Å²) >= 11 is 0.